The largest absolute Gasteiger partial charge is 0.453 e. The molecular formula is C51H30N4OS. The minimum absolute atomic E-state index is 0.648. The van der Waals surface area contributed by atoms with E-state index in [-0.39, 0.29) is 0 Å². The van der Waals surface area contributed by atoms with Crippen molar-refractivity contribution in [1.82, 2.24) is 19.5 Å². The summed E-state index contributed by atoms with van der Waals surface area (Å²) in [4.78, 5) is 15.1. The minimum Gasteiger partial charge on any atom is -0.453 e. The number of thiophene rings is 1. The average Bonchev–Trinajstić information content (AvgIpc) is 3.97. The highest BCUT2D eigenvalue weighted by atomic mass is 32.1. The highest BCUT2D eigenvalue weighted by Crippen LogP contribution is 2.46. The Morgan fingerprint density at radius 2 is 0.895 bits per heavy atom. The van der Waals surface area contributed by atoms with Crippen LogP contribution >= 0.6 is 11.3 Å². The lowest BCUT2D eigenvalue weighted by molar-refractivity contribution is 0.667. The summed E-state index contributed by atoms with van der Waals surface area (Å²) in [6, 6.07) is 63.6. The fourth-order valence-corrected chi connectivity index (χ4v) is 9.79. The fraction of sp³-hybridized carbons (Fsp3) is 0. The molecule has 0 amide bonds. The molecular weight excluding hydrogens is 717 g/mol. The van der Waals surface area contributed by atoms with Gasteiger partial charge in [0.25, 0.3) is 0 Å². The molecule has 0 fully saturated rings. The van der Waals surface area contributed by atoms with Gasteiger partial charge in [0.15, 0.2) is 23.1 Å². The van der Waals surface area contributed by atoms with Gasteiger partial charge in [-0.25, -0.2) is 15.0 Å². The summed E-state index contributed by atoms with van der Waals surface area (Å²) in [6.07, 6.45) is 0. The van der Waals surface area contributed by atoms with Crippen LogP contribution in [0.4, 0.5) is 0 Å². The maximum atomic E-state index is 7.09. The molecule has 0 bridgehead atoms. The second-order valence-corrected chi connectivity index (χ2v) is 15.4. The van der Waals surface area contributed by atoms with E-state index in [4.69, 9.17) is 19.4 Å². The highest BCUT2D eigenvalue weighted by molar-refractivity contribution is 7.26. The number of hydrogen-bond acceptors (Lipinski definition) is 5. The topological polar surface area (TPSA) is 56.7 Å². The molecule has 0 saturated heterocycles. The summed E-state index contributed by atoms with van der Waals surface area (Å²) in [5.41, 5.74) is 10.1. The zero-order chi connectivity index (χ0) is 37.5. The van der Waals surface area contributed by atoms with Gasteiger partial charge in [-0.1, -0.05) is 152 Å². The van der Waals surface area contributed by atoms with Gasteiger partial charge in [0.05, 0.1) is 16.7 Å². The molecule has 0 unspecified atom stereocenters. The Morgan fingerprint density at radius 1 is 0.386 bits per heavy atom. The van der Waals surface area contributed by atoms with Gasteiger partial charge >= 0.3 is 0 Å². The van der Waals surface area contributed by atoms with Crippen LogP contribution in [0.2, 0.25) is 0 Å². The van der Waals surface area contributed by atoms with Crippen LogP contribution in [0, 0.1) is 0 Å². The van der Waals surface area contributed by atoms with Crippen molar-refractivity contribution >= 4 is 75.3 Å². The fourth-order valence-electron chi connectivity index (χ4n) is 8.55. The molecule has 57 heavy (non-hydrogen) atoms. The van der Waals surface area contributed by atoms with E-state index in [0.29, 0.717) is 17.5 Å². The van der Waals surface area contributed by atoms with Crippen LogP contribution in [0.25, 0.3) is 115 Å². The highest BCUT2D eigenvalue weighted by Gasteiger charge is 2.22. The molecule has 8 aromatic carbocycles. The Bertz CT molecular complexity index is 3420. The van der Waals surface area contributed by atoms with Gasteiger partial charge < -0.3 is 8.98 Å². The minimum atomic E-state index is 0.648. The van der Waals surface area contributed by atoms with Gasteiger partial charge in [-0.15, -0.1) is 11.3 Å². The van der Waals surface area contributed by atoms with Gasteiger partial charge in [0.1, 0.15) is 5.58 Å². The number of para-hydroxylation sites is 4. The lowest BCUT2D eigenvalue weighted by atomic mass is 9.97. The first-order valence-electron chi connectivity index (χ1n) is 19.0. The molecule has 6 heteroatoms. The van der Waals surface area contributed by atoms with E-state index in [0.717, 1.165) is 76.6 Å². The van der Waals surface area contributed by atoms with Crippen LogP contribution in [-0.2, 0) is 0 Å². The normalized spacial score (nSPS) is 11.9. The van der Waals surface area contributed by atoms with Crippen molar-refractivity contribution < 1.29 is 4.42 Å². The van der Waals surface area contributed by atoms with Gasteiger partial charge in [-0.2, -0.15) is 0 Å². The summed E-state index contributed by atoms with van der Waals surface area (Å²) in [5, 5.41) is 6.98. The number of rotatable bonds is 5. The van der Waals surface area contributed by atoms with Crippen molar-refractivity contribution in [3.8, 4) is 51.0 Å². The number of nitrogens with zero attached hydrogens (tertiary/aromatic N) is 4. The predicted molar refractivity (Wildman–Crippen MR) is 236 cm³/mol. The molecule has 12 aromatic rings. The zero-order valence-corrected chi connectivity index (χ0v) is 31.2. The number of furan rings is 1. The van der Waals surface area contributed by atoms with Crippen LogP contribution in [-0.4, -0.2) is 19.5 Å². The molecule has 0 atom stereocenters. The number of benzene rings is 8. The van der Waals surface area contributed by atoms with Gasteiger partial charge in [0, 0.05) is 64.0 Å². The van der Waals surface area contributed by atoms with E-state index in [1.54, 1.807) is 11.3 Å². The third-order valence-electron chi connectivity index (χ3n) is 11.1. The zero-order valence-electron chi connectivity index (χ0n) is 30.4. The second kappa shape index (κ2) is 12.6. The van der Waals surface area contributed by atoms with Crippen molar-refractivity contribution in [1.29, 1.82) is 0 Å². The Labute approximate surface area is 330 Å². The standard InChI is InChI=1S/C51H30N4OS/c1-3-15-31(16-4-1)49-52-50(32-17-5-2-6-18-32)54-51(53-49)40-26-12-25-39-45-35(21-14-30-44(45)57-48(39)40)36-22-11-23-37-38-24-13-29-43(47(38)56-46(36)37)55-41-27-9-7-19-33(41)34-20-8-10-28-42(34)55/h1-30H. The van der Waals surface area contributed by atoms with E-state index in [9.17, 15) is 0 Å². The van der Waals surface area contributed by atoms with Gasteiger partial charge in [-0.3, -0.25) is 0 Å². The smallest absolute Gasteiger partial charge is 0.165 e. The summed E-state index contributed by atoms with van der Waals surface area (Å²) in [7, 11) is 0. The van der Waals surface area contributed by atoms with E-state index in [2.05, 4.69) is 126 Å². The van der Waals surface area contributed by atoms with E-state index in [1.165, 1.54) is 20.9 Å². The first kappa shape index (κ1) is 31.9. The van der Waals surface area contributed by atoms with Crippen LogP contribution in [0.5, 0.6) is 0 Å². The molecule has 0 aliphatic rings. The van der Waals surface area contributed by atoms with E-state index >= 15 is 0 Å². The SMILES string of the molecule is c1ccc(-c2nc(-c3ccccc3)nc(-c3cccc4c3sc3cccc(-c5cccc6c5oc5c(-n7c8ccccc8c8ccccc87)cccc56)c34)n2)cc1. The molecule has 0 N–H and O–H groups in total. The van der Waals surface area contributed by atoms with Crippen molar-refractivity contribution in [2.75, 3.05) is 0 Å². The predicted octanol–water partition coefficient (Wildman–Crippen LogP) is 13.9. The summed E-state index contributed by atoms with van der Waals surface area (Å²) < 4.78 is 11.8. The van der Waals surface area contributed by atoms with Gasteiger partial charge in [0.2, 0.25) is 0 Å². The van der Waals surface area contributed by atoms with Crippen LogP contribution in [0.15, 0.2) is 186 Å². The monoisotopic (exact) mass is 746 g/mol. The molecule has 4 aromatic heterocycles. The molecule has 0 aliphatic heterocycles. The number of aromatic nitrogens is 4. The maximum Gasteiger partial charge on any atom is 0.165 e. The third kappa shape index (κ3) is 4.91. The molecule has 266 valence electrons. The first-order valence-corrected chi connectivity index (χ1v) is 19.8. The van der Waals surface area contributed by atoms with Crippen LogP contribution < -0.4 is 0 Å². The molecule has 5 nitrogen and oxygen atoms in total. The summed E-state index contributed by atoms with van der Waals surface area (Å²) >= 11 is 1.77. The molecule has 0 radical (unpaired) electrons. The lowest BCUT2D eigenvalue weighted by Crippen LogP contribution is -2.00. The summed E-state index contributed by atoms with van der Waals surface area (Å²) in [6.45, 7) is 0. The molecule has 0 saturated carbocycles. The molecule has 12 rings (SSSR count). The van der Waals surface area contributed by atoms with E-state index in [1.807, 2.05) is 60.7 Å². The van der Waals surface area contributed by atoms with Crippen molar-refractivity contribution in [2.45, 2.75) is 0 Å². The third-order valence-corrected chi connectivity index (χ3v) is 12.3. The molecule has 0 spiro atoms. The number of fused-ring (bicyclic) bond motifs is 9. The second-order valence-electron chi connectivity index (χ2n) is 14.3. The Balaban J connectivity index is 1.07. The number of hydrogen-bond donors (Lipinski definition) is 0. The maximum absolute atomic E-state index is 7.09. The van der Waals surface area contributed by atoms with Crippen molar-refractivity contribution in [3.05, 3.63) is 182 Å². The molecule has 4 heterocycles. The quantitative estimate of drug-likeness (QED) is 0.176. The van der Waals surface area contributed by atoms with Gasteiger partial charge in [-0.05, 0) is 35.9 Å². The van der Waals surface area contributed by atoms with Crippen LogP contribution in [0.3, 0.4) is 0 Å². The first-order chi connectivity index (χ1) is 28.3. The average molecular weight is 747 g/mol. The Morgan fingerprint density at radius 3 is 1.58 bits per heavy atom. The van der Waals surface area contributed by atoms with Crippen molar-refractivity contribution in [2.24, 2.45) is 0 Å². The Hall–Kier alpha value is -7.41. The van der Waals surface area contributed by atoms with E-state index < -0.39 is 0 Å². The lowest BCUT2D eigenvalue weighted by Gasteiger charge is -2.09. The molecule has 0 aliphatic carbocycles. The van der Waals surface area contributed by atoms with Crippen molar-refractivity contribution in [3.63, 3.8) is 0 Å². The Kier molecular flexibility index (Phi) is 7.03. The summed E-state index contributed by atoms with van der Waals surface area (Å²) in [5.74, 6) is 1.95. The van der Waals surface area contributed by atoms with Crippen LogP contribution in [0.1, 0.15) is 0 Å².